The van der Waals surface area contributed by atoms with Gasteiger partial charge in [-0.25, -0.2) is 8.42 Å². The van der Waals surface area contributed by atoms with Crippen LogP contribution in [0.5, 0.6) is 0 Å². The number of carboxylic acids is 1. The minimum atomic E-state index is -3.09. The summed E-state index contributed by atoms with van der Waals surface area (Å²) in [6, 6.07) is 1.17. The molecule has 21 heavy (non-hydrogen) atoms. The molecule has 0 radical (unpaired) electrons. The Morgan fingerprint density at radius 1 is 1.24 bits per heavy atom. The fourth-order valence-corrected chi connectivity index (χ4v) is 5.49. The van der Waals surface area contributed by atoms with E-state index in [1.54, 1.807) is 0 Å². The fourth-order valence-electron chi connectivity index (χ4n) is 3.94. The molecule has 6 nitrogen and oxygen atoms in total. The SMILES string of the molecule is CC1CC(N2CCS(=O)(=O)CC2CC(=O)O)CN1C1CC1. The molecule has 0 bridgehead atoms. The molecular formula is C14H24N2O4S. The molecule has 0 aromatic carbocycles. The van der Waals surface area contributed by atoms with Crippen molar-refractivity contribution in [2.24, 2.45) is 0 Å². The molecule has 120 valence electrons. The molecule has 1 saturated carbocycles. The number of carbonyl (C=O) groups is 1. The second kappa shape index (κ2) is 5.52. The first kappa shape index (κ1) is 15.2. The lowest BCUT2D eigenvalue weighted by Crippen LogP contribution is -2.54. The van der Waals surface area contributed by atoms with Crippen molar-refractivity contribution in [2.45, 2.75) is 56.8 Å². The van der Waals surface area contributed by atoms with E-state index in [2.05, 4.69) is 16.7 Å². The third-order valence-electron chi connectivity index (χ3n) is 5.07. The Morgan fingerprint density at radius 3 is 2.57 bits per heavy atom. The van der Waals surface area contributed by atoms with Crippen molar-refractivity contribution < 1.29 is 18.3 Å². The highest BCUT2D eigenvalue weighted by molar-refractivity contribution is 7.91. The zero-order chi connectivity index (χ0) is 15.2. The van der Waals surface area contributed by atoms with E-state index in [9.17, 15) is 13.2 Å². The average Bonchev–Trinajstić information content (AvgIpc) is 3.11. The van der Waals surface area contributed by atoms with Crippen molar-refractivity contribution >= 4 is 15.8 Å². The summed E-state index contributed by atoms with van der Waals surface area (Å²) in [5.41, 5.74) is 0. The van der Waals surface area contributed by atoms with Crippen molar-refractivity contribution in [3.63, 3.8) is 0 Å². The van der Waals surface area contributed by atoms with Gasteiger partial charge in [0.25, 0.3) is 0 Å². The van der Waals surface area contributed by atoms with Crippen molar-refractivity contribution in [3.05, 3.63) is 0 Å². The smallest absolute Gasteiger partial charge is 0.304 e. The first-order valence-electron chi connectivity index (χ1n) is 7.79. The molecule has 2 heterocycles. The molecule has 3 atom stereocenters. The second-order valence-electron chi connectivity index (χ2n) is 6.77. The van der Waals surface area contributed by atoms with E-state index < -0.39 is 15.8 Å². The summed E-state index contributed by atoms with van der Waals surface area (Å²) in [5.74, 6) is -0.752. The lowest BCUT2D eigenvalue weighted by molar-refractivity contribution is -0.138. The summed E-state index contributed by atoms with van der Waals surface area (Å²) in [7, 11) is -3.09. The van der Waals surface area contributed by atoms with Crippen LogP contribution in [-0.4, -0.2) is 78.1 Å². The Morgan fingerprint density at radius 2 is 1.95 bits per heavy atom. The molecule has 0 amide bonds. The number of rotatable bonds is 4. The third kappa shape index (κ3) is 3.40. The Hall–Kier alpha value is -0.660. The molecule has 2 aliphatic heterocycles. The highest BCUT2D eigenvalue weighted by Gasteiger charge is 2.44. The summed E-state index contributed by atoms with van der Waals surface area (Å²) in [4.78, 5) is 15.7. The van der Waals surface area contributed by atoms with Gasteiger partial charge in [0.05, 0.1) is 17.9 Å². The molecule has 0 aromatic heterocycles. The Kier molecular flexibility index (Phi) is 4.00. The van der Waals surface area contributed by atoms with Crippen molar-refractivity contribution in [1.29, 1.82) is 0 Å². The molecule has 1 N–H and O–H groups in total. The zero-order valence-electron chi connectivity index (χ0n) is 12.4. The average molecular weight is 316 g/mol. The van der Waals surface area contributed by atoms with E-state index in [0.717, 1.165) is 13.0 Å². The summed E-state index contributed by atoms with van der Waals surface area (Å²) in [6.07, 6.45) is 3.48. The van der Waals surface area contributed by atoms with Crippen LogP contribution in [0.4, 0.5) is 0 Å². The molecule has 7 heteroatoms. The van der Waals surface area contributed by atoms with E-state index in [4.69, 9.17) is 5.11 Å². The van der Waals surface area contributed by atoms with Gasteiger partial charge in [-0.05, 0) is 26.2 Å². The van der Waals surface area contributed by atoms with Gasteiger partial charge in [-0.1, -0.05) is 0 Å². The van der Waals surface area contributed by atoms with Crippen molar-refractivity contribution in [2.75, 3.05) is 24.6 Å². The van der Waals surface area contributed by atoms with Gasteiger partial charge in [0.2, 0.25) is 0 Å². The van der Waals surface area contributed by atoms with Gasteiger partial charge in [0.15, 0.2) is 9.84 Å². The second-order valence-corrected chi connectivity index (χ2v) is 9.00. The molecule has 0 aromatic rings. The Labute approximate surface area is 126 Å². The minimum Gasteiger partial charge on any atom is -0.481 e. The van der Waals surface area contributed by atoms with Crippen LogP contribution in [-0.2, 0) is 14.6 Å². The Bertz CT molecular complexity index is 517. The summed E-state index contributed by atoms with van der Waals surface area (Å²) >= 11 is 0. The van der Waals surface area contributed by atoms with Gasteiger partial charge in [-0.2, -0.15) is 0 Å². The first-order valence-corrected chi connectivity index (χ1v) is 9.61. The topological polar surface area (TPSA) is 77.9 Å². The molecule has 3 unspecified atom stereocenters. The van der Waals surface area contributed by atoms with E-state index >= 15 is 0 Å². The summed E-state index contributed by atoms with van der Waals surface area (Å²) in [5, 5.41) is 9.07. The van der Waals surface area contributed by atoms with Crippen molar-refractivity contribution in [1.82, 2.24) is 9.80 Å². The maximum absolute atomic E-state index is 11.8. The molecule has 3 aliphatic rings. The molecule has 3 rings (SSSR count). The number of hydrogen-bond donors (Lipinski definition) is 1. The van der Waals surface area contributed by atoms with Crippen LogP contribution in [0.15, 0.2) is 0 Å². The van der Waals surface area contributed by atoms with Crippen LogP contribution in [0, 0.1) is 0 Å². The summed E-state index contributed by atoms with van der Waals surface area (Å²) < 4.78 is 23.6. The first-order chi connectivity index (χ1) is 9.85. The quantitative estimate of drug-likeness (QED) is 0.797. The van der Waals surface area contributed by atoms with E-state index in [1.165, 1.54) is 12.8 Å². The van der Waals surface area contributed by atoms with Crippen molar-refractivity contribution in [3.8, 4) is 0 Å². The van der Waals surface area contributed by atoms with Crippen LogP contribution in [0.3, 0.4) is 0 Å². The van der Waals surface area contributed by atoms with Gasteiger partial charge in [0, 0.05) is 37.3 Å². The Balaban J connectivity index is 1.71. The number of hydrogen-bond acceptors (Lipinski definition) is 5. The number of nitrogens with zero attached hydrogens (tertiary/aromatic N) is 2. The van der Waals surface area contributed by atoms with Crippen LogP contribution in [0.25, 0.3) is 0 Å². The molecule has 3 fully saturated rings. The van der Waals surface area contributed by atoms with Gasteiger partial charge >= 0.3 is 5.97 Å². The molecule has 0 spiro atoms. The number of carboxylic acid groups (broad SMARTS) is 1. The maximum Gasteiger partial charge on any atom is 0.304 e. The number of sulfone groups is 1. The van der Waals surface area contributed by atoms with Gasteiger partial charge in [-0.15, -0.1) is 0 Å². The minimum absolute atomic E-state index is 0.00634. The van der Waals surface area contributed by atoms with E-state index in [-0.39, 0.29) is 24.0 Å². The molecule has 1 aliphatic carbocycles. The van der Waals surface area contributed by atoms with Gasteiger partial charge < -0.3 is 5.11 Å². The molecule has 2 saturated heterocycles. The maximum atomic E-state index is 11.8. The summed E-state index contributed by atoms with van der Waals surface area (Å²) in [6.45, 7) is 3.67. The van der Waals surface area contributed by atoms with E-state index in [0.29, 0.717) is 24.7 Å². The largest absolute Gasteiger partial charge is 0.481 e. The molecular weight excluding hydrogens is 292 g/mol. The number of aliphatic carboxylic acids is 1. The third-order valence-corrected chi connectivity index (χ3v) is 6.77. The van der Waals surface area contributed by atoms with Gasteiger partial charge in [-0.3, -0.25) is 14.6 Å². The van der Waals surface area contributed by atoms with Crippen LogP contribution >= 0.6 is 0 Å². The highest BCUT2D eigenvalue weighted by Crippen LogP contribution is 2.35. The highest BCUT2D eigenvalue weighted by atomic mass is 32.2. The van der Waals surface area contributed by atoms with Crippen LogP contribution in [0.1, 0.15) is 32.6 Å². The standard InChI is InChI=1S/C14H24N2O4S/c1-10-6-12(8-16(10)11-2-3-11)15-4-5-21(19,20)9-13(15)7-14(17)18/h10-13H,2-9H2,1H3,(H,17,18). The van der Waals surface area contributed by atoms with Crippen LogP contribution < -0.4 is 0 Å². The predicted octanol–water partition coefficient (Wildman–Crippen LogP) is 0.185. The van der Waals surface area contributed by atoms with E-state index in [1.807, 2.05) is 0 Å². The lowest BCUT2D eigenvalue weighted by atomic mass is 10.1. The zero-order valence-corrected chi connectivity index (χ0v) is 13.3. The normalized spacial score (nSPS) is 37.7. The lowest BCUT2D eigenvalue weighted by Gasteiger charge is -2.39. The van der Waals surface area contributed by atoms with Crippen LogP contribution in [0.2, 0.25) is 0 Å². The van der Waals surface area contributed by atoms with Gasteiger partial charge in [0.1, 0.15) is 0 Å². The fraction of sp³-hybridized carbons (Fsp3) is 0.929. The number of likely N-dealkylation sites (tertiary alicyclic amines) is 1. The predicted molar refractivity (Wildman–Crippen MR) is 79.0 cm³/mol. The monoisotopic (exact) mass is 316 g/mol.